The Morgan fingerprint density at radius 2 is 2.10 bits per heavy atom. The number of rotatable bonds is 3. The monoisotopic (exact) mass is 346 g/mol. The molecule has 2 aromatic rings. The second kappa shape index (κ2) is 5.37. The van der Waals surface area contributed by atoms with Crippen molar-refractivity contribution in [2.24, 2.45) is 0 Å². The highest BCUT2D eigenvalue weighted by Gasteiger charge is 2.24. The number of nitro benzene ring substituents is 1. The van der Waals surface area contributed by atoms with Crippen LogP contribution in [0.1, 0.15) is 10.4 Å². The first-order valence-electron chi connectivity index (χ1n) is 5.08. The van der Waals surface area contributed by atoms with Gasteiger partial charge in [-0.15, -0.1) is 0 Å². The molecule has 0 saturated carbocycles. The number of anilines is 1. The van der Waals surface area contributed by atoms with Crippen LogP contribution in [0.25, 0.3) is 0 Å². The van der Waals surface area contributed by atoms with E-state index < -0.39 is 33.8 Å². The minimum absolute atomic E-state index is 0.0167. The lowest BCUT2D eigenvalue weighted by Crippen LogP contribution is -2.14. The van der Waals surface area contributed by atoms with Gasteiger partial charge in [-0.05, 0) is 22.0 Å². The quantitative estimate of drug-likeness (QED) is 0.680. The molecule has 0 radical (unpaired) electrons. The average molecular weight is 347 g/mol. The molecular formula is C11H5BrF2N2O4. The van der Waals surface area contributed by atoms with Crippen LogP contribution in [0, 0.1) is 21.7 Å². The third kappa shape index (κ3) is 2.67. The molecule has 0 fully saturated rings. The first kappa shape index (κ1) is 14.1. The lowest BCUT2D eigenvalue weighted by Gasteiger charge is -2.06. The topological polar surface area (TPSA) is 85.4 Å². The Balaban J connectivity index is 2.41. The Bertz CT molecular complexity index is 702. The Kier molecular flexibility index (Phi) is 3.79. The van der Waals surface area contributed by atoms with Gasteiger partial charge in [-0.1, -0.05) is 0 Å². The van der Waals surface area contributed by atoms with Crippen LogP contribution in [-0.2, 0) is 0 Å². The van der Waals surface area contributed by atoms with Crippen molar-refractivity contribution in [3.05, 3.63) is 56.4 Å². The molecule has 1 N–H and O–H groups in total. The van der Waals surface area contributed by atoms with Gasteiger partial charge in [-0.25, -0.2) is 8.78 Å². The van der Waals surface area contributed by atoms with E-state index >= 15 is 0 Å². The number of carbonyl (C=O) groups is 1. The van der Waals surface area contributed by atoms with Crippen LogP contribution in [0.5, 0.6) is 0 Å². The van der Waals surface area contributed by atoms with Gasteiger partial charge in [-0.3, -0.25) is 14.9 Å². The highest BCUT2D eigenvalue weighted by atomic mass is 79.9. The maximum absolute atomic E-state index is 13.6. The molecule has 104 valence electrons. The molecule has 0 aliphatic carbocycles. The number of benzene rings is 1. The van der Waals surface area contributed by atoms with Crippen molar-refractivity contribution in [1.82, 2.24) is 0 Å². The molecule has 20 heavy (non-hydrogen) atoms. The summed E-state index contributed by atoms with van der Waals surface area (Å²) in [4.78, 5) is 21.6. The molecule has 9 heteroatoms. The van der Waals surface area contributed by atoms with Gasteiger partial charge in [0.05, 0.1) is 22.8 Å². The van der Waals surface area contributed by atoms with E-state index in [1.54, 1.807) is 0 Å². The van der Waals surface area contributed by atoms with Crippen LogP contribution in [0.3, 0.4) is 0 Å². The molecule has 2 rings (SSSR count). The van der Waals surface area contributed by atoms with Gasteiger partial charge in [0.25, 0.3) is 11.6 Å². The van der Waals surface area contributed by atoms with Crippen molar-refractivity contribution in [2.45, 2.75) is 0 Å². The zero-order valence-corrected chi connectivity index (χ0v) is 11.1. The van der Waals surface area contributed by atoms with Crippen LogP contribution in [0.15, 0.2) is 33.5 Å². The Morgan fingerprint density at radius 1 is 1.40 bits per heavy atom. The Morgan fingerprint density at radius 3 is 2.65 bits per heavy atom. The van der Waals surface area contributed by atoms with Crippen molar-refractivity contribution in [3.63, 3.8) is 0 Å². The van der Waals surface area contributed by atoms with E-state index in [9.17, 15) is 23.7 Å². The molecule has 0 atom stereocenters. The van der Waals surface area contributed by atoms with E-state index in [4.69, 9.17) is 4.42 Å². The normalized spacial score (nSPS) is 10.3. The Hall–Kier alpha value is -2.29. The van der Waals surface area contributed by atoms with Crippen molar-refractivity contribution < 1.29 is 22.9 Å². The van der Waals surface area contributed by atoms with E-state index in [-0.39, 0.29) is 10.2 Å². The van der Waals surface area contributed by atoms with Gasteiger partial charge in [0.2, 0.25) is 0 Å². The number of nitro groups is 1. The van der Waals surface area contributed by atoms with Gasteiger partial charge in [0.1, 0.15) is 5.82 Å². The molecule has 0 saturated heterocycles. The maximum Gasteiger partial charge on any atom is 0.298 e. The summed E-state index contributed by atoms with van der Waals surface area (Å²) in [5, 5.41) is 12.8. The van der Waals surface area contributed by atoms with E-state index in [1.807, 2.05) is 5.32 Å². The van der Waals surface area contributed by atoms with Crippen molar-refractivity contribution in [3.8, 4) is 0 Å². The number of nitrogens with zero attached hydrogens (tertiary/aromatic N) is 1. The average Bonchev–Trinajstić information content (AvgIpc) is 2.78. The summed E-state index contributed by atoms with van der Waals surface area (Å²) >= 11 is 2.94. The lowest BCUT2D eigenvalue weighted by atomic mass is 10.2. The van der Waals surface area contributed by atoms with Crippen LogP contribution in [-0.4, -0.2) is 10.8 Å². The number of amides is 1. The van der Waals surface area contributed by atoms with E-state index in [0.29, 0.717) is 12.1 Å². The molecule has 1 heterocycles. The summed E-state index contributed by atoms with van der Waals surface area (Å²) in [6, 6.07) is 2.24. The summed E-state index contributed by atoms with van der Waals surface area (Å²) in [6.45, 7) is 0. The van der Waals surface area contributed by atoms with E-state index in [2.05, 4.69) is 15.9 Å². The molecular weight excluding hydrogens is 342 g/mol. The highest BCUT2D eigenvalue weighted by Crippen LogP contribution is 2.29. The summed E-state index contributed by atoms with van der Waals surface area (Å²) < 4.78 is 31.4. The van der Waals surface area contributed by atoms with Crippen LogP contribution in [0.4, 0.5) is 20.2 Å². The first-order valence-corrected chi connectivity index (χ1v) is 5.87. The smallest absolute Gasteiger partial charge is 0.298 e. The maximum atomic E-state index is 13.6. The van der Waals surface area contributed by atoms with Crippen molar-refractivity contribution in [2.75, 3.05) is 5.32 Å². The molecule has 0 spiro atoms. The fourth-order valence-corrected chi connectivity index (χ4v) is 1.88. The highest BCUT2D eigenvalue weighted by molar-refractivity contribution is 9.10. The summed E-state index contributed by atoms with van der Waals surface area (Å²) in [5.74, 6) is -3.19. The molecule has 0 bridgehead atoms. The summed E-state index contributed by atoms with van der Waals surface area (Å²) in [5.41, 5.74) is -1.58. The second-order valence-electron chi connectivity index (χ2n) is 3.60. The van der Waals surface area contributed by atoms with Gasteiger partial charge < -0.3 is 9.73 Å². The minimum atomic E-state index is -1.25. The number of halogens is 3. The lowest BCUT2D eigenvalue weighted by molar-refractivity contribution is -0.384. The van der Waals surface area contributed by atoms with Crippen LogP contribution < -0.4 is 5.32 Å². The third-order valence-electron chi connectivity index (χ3n) is 2.33. The molecule has 0 aliphatic heterocycles. The predicted octanol–water partition coefficient (Wildman–Crippen LogP) is 3.48. The number of furan rings is 1. The zero-order chi connectivity index (χ0) is 14.9. The number of hydrogen-bond acceptors (Lipinski definition) is 4. The number of hydrogen-bond donors (Lipinski definition) is 1. The SMILES string of the molecule is O=C(Nc1c(F)cc(F)cc1[N+](=O)[O-])c1ccoc1Br. The number of carbonyl (C=O) groups excluding carboxylic acids is 1. The van der Waals surface area contributed by atoms with Crippen LogP contribution in [0.2, 0.25) is 0 Å². The molecule has 6 nitrogen and oxygen atoms in total. The molecule has 0 unspecified atom stereocenters. The molecule has 1 aromatic carbocycles. The zero-order valence-electron chi connectivity index (χ0n) is 9.52. The number of nitrogens with one attached hydrogen (secondary N) is 1. The fourth-order valence-electron chi connectivity index (χ4n) is 1.46. The van der Waals surface area contributed by atoms with Gasteiger partial charge in [0, 0.05) is 6.07 Å². The summed E-state index contributed by atoms with van der Waals surface area (Å²) in [6.07, 6.45) is 1.20. The largest absolute Gasteiger partial charge is 0.457 e. The molecule has 1 aromatic heterocycles. The van der Waals surface area contributed by atoms with E-state index in [0.717, 1.165) is 0 Å². The van der Waals surface area contributed by atoms with E-state index in [1.165, 1.54) is 12.3 Å². The van der Waals surface area contributed by atoms with Crippen LogP contribution >= 0.6 is 15.9 Å². The fraction of sp³-hybridized carbons (Fsp3) is 0. The minimum Gasteiger partial charge on any atom is -0.457 e. The van der Waals surface area contributed by atoms with Crippen molar-refractivity contribution >= 4 is 33.2 Å². The summed E-state index contributed by atoms with van der Waals surface area (Å²) in [7, 11) is 0. The van der Waals surface area contributed by atoms with Gasteiger partial charge >= 0.3 is 0 Å². The van der Waals surface area contributed by atoms with Crippen molar-refractivity contribution in [1.29, 1.82) is 0 Å². The first-order chi connectivity index (χ1) is 9.40. The molecule has 0 aliphatic rings. The standard InChI is InChI=1S/C11H5BrF2N2O4/c12-10-6(1-2-20-10)11(17)15-9-7(14)3-5(13)4-8(9)16(18)19/h1-4H,(H,15,17). The molecule has 1 amide bonds. The van der Waals surface area contributed by atoms with Gasteiger partial charge in [-0.2, -0.15) is 0 Å². The predicted molar refractivity (Wildman–Crippen MR) is 67.4 cm³/mol. The second-order valence-corrected chi connectivity index (χ2v) is 4.32. The Labute approximate surface area is 118 Å². The third-order valence-corrected chi connectivity index (χ3v) is 2.95. The van der Waals surface area contributed by atoms with Gasteiger partial charge in [0.15, 0.2) is 16.2 Å².